The van der Waals surface area contributed by atoms with Crippen LogP contribution >= 0.6 is 0 Å². The molecule has 0 aliphatic heterocycles. The van der Waals surface area contributed by atoms with Crippen LogP contribution in [0.4, 0.5) is 4.39 Å². The van der Waals surface area contributed by atoms with E-state index in [9.17, 15) is 19.4 Å². The van der Waals surface area contributed by atoms with E-state index in [0.29, 0.717) is 5.92 Å². The Kier molecular flexibility index (Phi) is 7.16. The fraction of sp³-hybridized carbons (Fsp3) is 0.333. The zero-order valence-corrected chi connectivity index (χ0v) is 18.6. The number of para-hydroxylation sites is 1. The predicted octanol–water partition coefficient (Wildman–Crippen LogP) is 5.00. The predicted molar refractivity (Wildman–Crippen MR) is 126 cm³/mol. The number of halogens is 1. The van der Waals surface area contributed by atoms with Crippen LogP contribution in [-0.4, -0.2) is 40.0 Å². The van der Waals surface area contributed by atoms with Crippen molar-refractivity contribution >= 4 is 22.9 Å². The lowest BCUT2D eigenvalue weighted by Gasteiger charge is -2.16. The second-order valence-corrected chi connectivity index (χ2v) is 8.41. The Morgan fingerprint density at radius 1 is 1.18 bits per heavy atom. The number of esters is 1. The van der Waals surface area contributed by atoms with Gasteiger partial charge in [0.25, 0.3) is 0 Å². The Labute approximate surface area is 192 Å². The molecule has 3 aromatic rings. The van der Waals surface area contributed by atoms with Gasteiger partial charge in [-0.2, -0.15) is 0 Å². The molecule has 2 aromatic carbocycles. The van der Waals surface area contributed by atoms with Crippen LogP contribution in [-0.2, 0) is 9.53 Å². The molecule has 0 radical (unpaired) electrons. The summed E-state index contributed by atoms with van der Waals surface area (Å²) in [6.45, 7) is 1.95. The van der Waals surface area contributed by atoms with E-state index in [1.165, 1.54) is 12.1 Å². The Morgan fingerprint density at radius 3 is 2.61 bits per heavy atom. The quantitative estimate of drug-likeness (QED) is 0.450. The van der Waals surface area contributed by atoms with Crippen LogP contribution in [0.5, 0.6) is 0 Å². The van der Waals surface area contributed by atoms with Gasteiger partial charge in [0.05, 0.1) is 36.4 Å². The van der Waals surface area contributed by atoms with E-state index < -0.39 is 18.2 Å². The molecule has 1 aromatic heterocycles. The van der Waals surface area contributed by atoms with Crippen LogP contribution in [0.3, 0.4) is 0 Å². The zero-order valence-electron chi connectivity index (χ0n) is 18.6. The number of ether oxygens (including phenoxy) is 1. The van der Waals surface area contributed by atoms with Crippen LogP contribution in [0.15, 0.2) is 54.6 Å². The summed E-state index contributed by atoms with van der Waals surface area (Å²) in [5, 5.41) is 21.6. The number of benzene rings is 2. The van der Waals surface area contributed by atoms with E-state index in [4.69, 9.17) is 9.72 Å². The standard InChI is InChI=1S/C27H28FNO4/c1-2-33-25(32)16-21(31)15-20(30)13-14-23-26(17-9-11-19(28)12-10-17)22-5-3-4-6-24(22)29-27(23)18-7-8-18/h3-6,9-14,18,20-21,30-31H,2,7-8,15-16H2,1H3/b14-13+/t20-,21-/m0/s1. The van der Waals surface area contributed by atoms with Crippen molar-refractivity contribution in [1.82, 2.24) is 4.98 Å². The molecule has 1 aliphatic carbocycles. The SMILES string of the molecule is CCOC(=O)C[C@@H](O)C[C@@H](O)/C=C/c1c(C2CC2)nc2ccccc2c1-c1ccc(F)cc1. The lowest BCUT2D eigenvalue weighted by Crippen LogP contribution is -2.20. The number of rotatable bonds is 9. The Balaban J connectivity index is 1.70. The average molecular weight is 450 g/mol. The summed E-state index contributed by atoms with van der Waals surface area (Å²) in [4.78, 5) is 16.5. The molecule has 5 nitrogen and oxygen atoms in total. The molecule has 0 unspecified atom stereocenters. The van der Waals surface area contributed by atoms with Gasteiger partial charge < -0.3 is 14.9 Å². The summed E-state index contributed by atoms with van der Waals surface area (Å²) in [5.41, 5.74) is 4.54. The number of nitrogens with zero attached hydrogens (tertiary/aromatic N) is 1. The summed E-state index contributed by atoms with van der Waals surface area (Å²) < 4.78 is 18.5. The molecule has 33 heavy (non-hydrogen) atoms. The Morgan fingerprint density at radius 2 is 1.91 bits per heavy atom. The van der Waals surface area contributed by atoms with Gasteiger partial charge in [-0.05, 0) is 43.5 Å². The highest BCUT2D eigenvalue weighted by Crippen LogP contribution is 2.45. The Bertz CT molecular complexity index is 1150. The zero-order chi connectivity index (χ0) is 23.4. The molecule has 2 N–H and O–H groups in total. The summed E-state index contributed by atoms with van der Waals surface area (Å²) in [6.07, 6.45) is 3.47. The van der Waals surface area contributed by atoms with Crippen molar-refractivity contribution in [3.8, 4) is 11.1 Å². The molecule has 1 saturated carbocycles. The van der Waals surface area contributed by atoms with E-state index in [2.05, 4.69) is 0 Å². The molecule has 1 aliphatic rings. The van der Waals surface area contributed by atoms with Crippen LogP contribution in [0.2, 0.25) is 0 Å². The van der Waals surface area contributed by atoms with Gasteiger partial charge >= 0.3 is 5.97 Å². The van der Waals surface area contributed by atoms with Crippen molar-refractivity contribution in [2.45, 2.75) is 50.7 Å². The largest absolute Gasteiger partial charge is 0.466 e. The molecule has 172 valence electrons. The fourth-order valence-corrected chi connectivity index (χ4v) is 4.07. The highest BCUT2D eigenvalue weighted by Gasteiger charge is 2.29. The lowest BCUT2D eigenvalue weighted by molar-refractivity contribution is -0.145. The molecule has 2 atom stereocenters. The minimum Gasteiger partial charge on any atom is -0.466 e. The van der Waals surface area contributed by atoms with Gasteiger partial charge in [0.1, 0.15) is 5.82 Å². The van der Waals surface area contributed by atoms with Crippen LogP contribution in [0.25, 0.3) is 28.1 Å². The van der Waals surface area contributed by atoms with Gasteiger partial charge in [-0.25, -0.2) is 4.39 Å². The normalized spacial score (nSPS) is 15.6. The smallest absolute Gasteiger partial charge is 0.308 e. The van der Waals surface area contributed by atoms with Gasteiger partial charge in [0, 0.05) is 28.9 Å². The third-order valence-corrected chi connectivity index (χ3v) is 5.76. The van der Waals surface area contributed by atoms with E-state index in [-0.39, 0.29) is 25.3 Å². The number of fused-ring (bicyclic) bond motifs is 1. The molecule has 0 saturated heterocycles. The summed E-state index contributed by atoms with van der Waals surface area (Å²) >= 11 is 0. The number of carbonyl (C=O) groups excluding carboxylic acids is 1. The van der Waals surface area contributed by atoms with Crippen LogP contribution in [0, 0.1) is 5.82 Å². The molecule has 1 heterocycles. The number of pyridine rings is 1. The van der Waals surface area contributed by atoms with Crippen molar-refractivity contribution < 1.29 is 24.1 Å². The summed E-state index contributed by atoms with van der Waals surface area (Å²) in [6, 6.07) is 14.3. The number of aromatic nitrogens is 1. The number of hydrogen-bond donors (Lipinski definition) is 2. The third-order valence-electron chi connectivity index (χ3n) is 5.76. The maximum atomic E-state index is 13.6. The first kappa shape index (κ1) is 23.1. The van der Waals surface area contributed by atoms with Crippen molar-refractivity contribution in [3.63, 3.8) is 0 Å². The minimum absolute atomic E-state index is 0.0148. The molecule has 6 heteroatoms. The van der Waals surface area contributed by atoms with Crippen LogP contribution < -0.4 is 0 Å². The van der Waals surface area contributed by atoms with Crippen molar-refractivity contribution in [2.75, 3.05) is 6.61 Å². The minimum atomic E-state index is -1.00. The summed E-state index contributed by atoms with van der Waals surface area (Å²) in [7, 11) is 0. The van der Waals surface area contributed by atoms with E-state index >= 15 is 0 Å². The maximum absolute atomic E-state index is 13.6. The number of aliphatic hydroxyl groups excluding tert-OH is 2. The highest BCUT2D eigenvalue weighted by atomic mass is 19.1. The fourth-order valence-electron chi connectivity index (χ4n) is 4.07. The first-order chi connectivity index (χ1) is 16.0. The van der Waals surface area contributed by atoms with Crippen molar-refractivity contribution in [3.05, 3.63) is 71.7 Å². The van der Waals surface area contributed by atoms with Gasteiger partial charge in [0.15, 0.2) is 0 Å². The van der Waals surface area contributed by atoms with Crippen LogP contribution in [0.1, 0.15) is 49.8 Å². The Hall–Kier alpha value is -3.09. The molecule has 0 bridgehead atoms. The average Bonchev–Trinajstić information content (AvgIpc) is 3.63. The maximum Gasteiger partial charge on any atom is 0.308 e. The van der Waals surface area contributed by atoms with Crippen molar-refractivity contribution in [1.29, 1.82) is 0 Å². The summed E-state index contributed by atoms with van der Waals surface area (Å²) in [5.74, 6) is -0.447. The second kappa shape index (κ2) is 10.2. The monoisotopic (exact) mass is 449 g/mol. The number of aliphatic hydroxyl groups is 2. The second-order valence-electron chi connectivity index (χ2n) is 8.41. The first-order valence-corrected chi connectivity index (χ1v) is 11.3. The molecule has 0 spiro atoms. The molecule has 1 fully saturated rings. The van der Waals surface area contributed by atoms with E-state index in [1.807, 2.05) is 30.3 Å². The van der Waals surface area contributed by atoms with Crippen molar-refractivity contribution in [2.24, 2.45) is 0 Å². The molecular weight excluding hydrogens is 421 g/mol. The van der Waals surface area contributed by atoms with Gasteiger partial charge in [0.2, 0.25) is 0 Å². The first-order valence-electron chi connectivity index (χ1n) is 11.3. The number of carbonyl (C=O) groups is 1. The van der Waals surface area contributed by atoms with Gasteiger partial charge in [-0.1, -0.05) is 42.5 Å². The van der Waals surface area contributed by atoms with E-state index in [1.54, 1.807) is 25.1 Å². The van der Waals surface area contributed by atoms with E-state index in [0.717, 1.165) is 46.1 Å². The topological polar surface area (TPSA) is 79.7 Å². The lowest BCUT2D eigenvalue weighted by atomic mass is 9.92. The number of hydrogen-bond acceptors (Lipinski definition) is 5. The molecular formula is C27H28FNO4. The third kappa shape index (κ3) is 5.64. The highest BCUT2D eigenvalue weighted by molar-refractivity contribution is 5.99. The molecule has 0 amide bonds. The van der Waals surface area contributed by atoms with Gasteiger partial charge in [-0.3, -0.25) is 9.78 Å². The molecule has 4 rings (SSSR count). The van der Waals surface area contributed by atoms with Gasteiger partial charge in [-0.15, -0.1) is 0 Å².